The van der Waals surface area contributed by atoms with E-state index in [9.17, 15) is 13.5 Å². The monoisotopic (exact) mass is 340 g/mol. The Morgan fingerprint density at radius 2 is 2.09 bits per heavy atom. The maximum atomic E-state index is 12.5. The van der Waals surface area contributed by atoms with Crippen molar-refractivity contribution in [2.75, 3.05) is 38.5 Å². The van der Waals surface area contributed by atoms with Gasteiger partial charge in [-0.25, -0.2) is 12.7 Å². The molecule has 7 heteroatoms. The summed E-state index contributed by atoms with van der Waals surface area (Å²) in [5.74, 6) is 0.600. The van der Waals surface area contributed by atoms with Crippen molar-refractivity contribution in [2.45, 2.75) is 18.4 Å². The molecule has 2 aliphatic heterocycles. The highest BCUT2D eigenvalue weighted by Crippen LogP contribution is 2.33. The lowest BCUT2D eigenvalue weighted by Crippen LogP contribution is -2.60. The second-order valence-electron chi connectivity index (χ2n) is 6.34. The number of hydrogen-bond donors (Lipinski definition) is 2. The Morgan fingerprint density at radius 3 is 2.87 bits per heavy atom. The van der Waals surface area contributed by atoms with E-state index >= 15 is 0 Å². The van der Waals surface area contributed by atoms with E-state index in [0.29, 0.717) is 38.2 Å². The lowest BCUT2D eigenvalue weighted by molar-refractivity contribution is -0.0744. The first-order valence-electron chi connectivity index (χ1n) is 8.08. The molecule has 2 N–H and O–H groups in total. The average molecular weight is 340 g/mol. The summed E-state index contributed by atoms with van der Waals surface area (Å²) in [5, 5.41) is 13.9. The normalized spacial score (nSPS) is 29.0. The molecule has 6 nitrogen and oxygen atoms in total. The van der Waals surface area contributed by atoms with Gasteiger partial charge in [-0.3, -0.25) is 0 Å². The lowest BCUT2D eigenvalue weighted by Gasteiger charge is -2.46. The van der Waals surface area contributed by atoms with Crippen LogP contribution in [0.4, 0.5) is 0 Å². The van der Waals surface area contributed by atoms with Gasteiger partial charge in [0.15, 0.2) is 0 Å². The number of para-hydroxylation sites is 1. The highest BCUT2D eigenvalue weighted by Gasteiger charge is 2.45. The topological polar surface area (TPSA) is 78.9 Å². The summed E-state index contributed by atoms with van der Waals surface area (Å²) in [6.07, 6.45) is 1.21. The van der Waals surface area contributed by atoms with Gasteiger partial charge in [0.25, 0.3) is 0 Å². The number of sulfonamides is 1. The van der Waals surface area contributed by atoms with Crippen molar-refractivity contribution in [1.29, 1.82) is 0 Å². The maximum absolute atomic E-state index is 12.5. The molecule has 0 amide bonds. The summed E-state index contributed by atoms with van der Waals surface area (Å²) in [7, 11) is -3.36. The van der Waals surface area contributed by atoms with Crippen LogP contribution in [0.3, 0.4) is 0 Å². The van der Waals surface area contributed by atoms with Crippen molar-refractivity contribution in [2.24, 2.45) is 5.92 Å². The van der Waals surface area contributed by atoms with E-state index in [0.717, 1.165) is 6.54 Å². The average Bonchev–Trinajstić information content (AvgIpc) is 2.54. The summed E-state index contributed by atoms with van der Waals surface area (Å²) in [5.41, 5.74) is -0.711. The zero-order valence-electron chi connectivity index (χ0n) is 13.1. The smallest absolute Gasteiger partial charge is 0.217 e. The van der Waals surface area contributed by atoms with E-state index in [1.54, 1.807) is 12.1 Å². The van der Waals surface area contributed by atoms with Crippen LogP contribution in [0.2, 0.25) is 0 Å². The van der Waals surface area contributed by atoms with Gasteiger partial charge in [0.2, 0.25) is 10.0 Å². The van der Waals surface area contributed by atoms with Gasteiger partial charge in [-0.2, -0.15) is 0 Å². The molecule has 2 aliphatic rings. The summed E-state index contributed by atoms with van der Waals surface area (Å²) >= 11 is 0. The van der Waals surface area contributed by atoms with E-state index in [2.05, 4.69) is 5.32 Å². The number of aliphatic hydroxyl groups is 1. The molecule has 2 heterocycles. The summed E-state index contributed by atoms with van der Waals surface area (Å²) in [6, 6.07) is 9.20. The molecule has 128 valence electrons. The maximum Gasteiger partial charge on any atom is 0.217 e. The molecule has 2 atom stereocenters. The zero-order valence-corrected chi connectivity index (χ0v) is 14.0. The second-order valence-corrected chi connectivity index (χ2v) is 8.43. The van der Waals surface area contributed by atoms with E-state index in [-0.39, 0.29) is 18.3 Å². The molecule has 0 aliphatic carbocycles. The number of fused-ring (bicyclic) bond motifs is 1. The Balaban J connectivity index is 1.55. The molecule has 0 saturated carbocycles. The van der Waals surface area contributed by atoms with Crippen molar-refractivity contribution in [1.82, 2.24) is 9.62 Å². The van der Waals surface area contributed by atoms with Gasteiger partial charge >= 0.3 is 0 Å². The lowest BCUT2D eigenvalue weighted by atomic mass is 9.77. The van der Waals surface area contributed by atoms with Crippen molar-refractivity contribution in [3.05, 3.63) is 30.3 Å². The molecular formula is C16H24N2O4S. The van der Waals surface area contributed by atoms with Gasteiger partial charge < -0.3 is 15.2 Å². The number of piperidine rings is 2. The van der Waals surface area contributed by atoms with Crippen LogP contribution < -0.4 is 10.1 Å². The first-order valence-corrected chi connectivity index (χ1v) is 9.69. The number of benzene rings is 1. The van der Waals surface area contributed by atoms with Crippen LogP contribution in [-0.2, 0) is 10.0 Å². The van der Waals surface area contributed by atoms with Crippen molar-refractivity contribution in [3.63, 3.8) is 0 Å². The molecule has 0 bridgehead atoms. The summed E-state index contributed by atoms with van der Waals surface area (Å²) < 4.78 is 32.0. The number of rotatable bonds is 5. The number of hydrogen-bond acceptors (Lipinski definition) is 5. The molecule has 23 heavy (non-hydrogen) atoms. The van der Waals surface area contributed by atoms with E-state index in [1.165, 1.54) is 4.31 Å². The van der Waals surface area contributed by atoms with Gasteiger partial charge in [0, 0.05) is 25.6 Å². The molecule has 2 saturated heterocycles. The summed E-state index contributed by atoms with van der Waals surface area (Å²) in [4.78, 5) is 0. The predicted molar refractivity (Wildman–Crippen MR) is 87.8 cm³/mol. The minimum absolute atomic E-state index is 0.0326. The van der Waals surface area contributed by atoms with Gasteiger partial charge in [0.05, 0.1) is 11.4 Å². The standard InChI is InChI=1S/C16H24N2O4S/c19-16-6-8-17-12-14(16)13-18(9-7-16)23(20,21)11-10-22-15-4-2-1-3-5-15/h1-5,14,17,19H,6-13H2/t14-,16-/m0/s1. The third kappa shape index (κ3) is 3.85. The van der Waals surface area contributed by atoms with Crippen LogP contribution in [0.5, 0.6) is 5.75 Å². The quantitative estimate of drug-likeness (QED) is 0.813. The molecule has 3 rings (SSSR count). The Labute approximate surface area is 137 Å². The van der Waals surface area contributed by atoms with E-state index < -0.39 is 15.6 Å². The van der Waals surface area contributed by atoms with Gasteiger partial charge in [-0.05, 0) is 31.5 Å². The third-order valence-electron chi connectivity index (χ3n) is 4.85. The van der Waals surface area contributed by atoms with Crippen molar-refractivity contribution in [3.8, 4) is 5.75 Å². The predicted octanol–water partition coefficient (Wildman–Crippen LogP) is 0.442. The number of ether oxygens (including phenoxy) is 1. The molecule has 1 aromatic carbocycles. The zero-order chi connectivity index (χ0) is 16.3. The van der Waals surface area contributed by atoms with Crippen LogP contribution in [0.1, 0.15) is 12.8 Å². The number of nitrogens with zero attached hydrogens (tertiary/aromatic N) is 1. The Bertz CT molecular complexity index is 622. The van der Waals surface area contributed by atoms with Gasteiger partial charge in [-0.1, -0.05) is 18.2 Å². The van der Waals surface area contributed by atoms with E-state index in [4.69, 9.17) is 4.74 Å². The van der Waals surface area contributed by atoms with Crippen molar-refractivity contribution < 1.29 is 18.3 Å². The molecule has 0 unspecified atom stereocenters. The molecular weight excluding hydrogens is 316 g/mol. The van der Waals surface area contributed by atoms with Crippen molar-refractivity contribution >= 4 is 10.0 Å². The molecule has 0 radical (unpaired) electrons. The molecule has 1 aromatic rings. The number of nitrogens with one attached hydrogen (secondary N) is 1. The van der Waals surface area contributed by atoms with Crippen LogP contribution in [0.15, 0.2) is 30.3 Å². The minimum Gasteiger partial charge on any atom is -0.492 e. The Morgan fingerprint density at radius 1 is 1.30 bits per heavy atom. The Hall–Kier alpha value is -1.15. The third-order valence-corrected chi connectivity index (χ3v) is 6.65. The largest absolute Gasteiger partial charge is 0.492 e. The highest BCUT2D eigenvalue weighted by molar-refractivity contribution is 7.89. The van der Waals surface area contributed by atoms with Crippen LogP contribution in [-0.4, -0.2) is 62.0 Å². The molecule has 0 spiro atoms. The SMILES string of the molecule is O=S(=O)(CCOc1ccccc1)N1CC[C@@]2(O)CCNC[C@H]2C1. The Kier molecular flexibility index (Phi) is 4.91. The minimum atomic E-state index is -3.36. The molecule has 2 fully saturated rings. The first kappa shape index (κ1) is 16.7. The van der Waals surface area contributed by atoms with Gasteiger partial charge in [0.1, 0.15) is 12.4 Å². The fraction of sp³-hybridized carbons (Fsp3) is 0.625. The van der Waals surface area contributed by atoms with E-state index in [1.807, 2.05) is 18.2 Å². The second kappa shape index (κ2) is 6.76. The first-order chi connectivity index (χ1) is 11.0. The summed E-state index contributed by atoms with van der Waals surface area (Å²) in [6.45, 7) is 2.38. The fourth-order valence-electron chi connectivity index (χ4n) is 3.36. The van der Waals surface area contributed by atoms with Crippen LogP contribution in [0, 0.1) is 5.92 Å². The molecule has 0 aromatic heterocycles. The van der Waals surface area contributed by atoms with Crippen LogP contribution in [0.25, 0.3) is 0 Å². The van der Waals surface area contributed by atoms with Crippen LogP contribution >= 0.6 is 0 Å². The highest BCUT2D eigenvalue weighted by atomic mass is 32.2. The fourth-order valence-corrected chi connectivity index (χ4v) is 4.69. The van der Waals surface area contributed by atoms with Gasteiger partial charge in [-0.15, -0.1) is 0 Å².